The highest BCUT2D eigenvalue weighted by Gasteiger charge is 1.96. The zero-order valence-electron chi connectivity index (χ0n) is 7.43. The monoisotopic (exact) mass is 530 g/mol. The molecule has 0 radical (unpaired) electrons. The topological polar surface area (TPSA) is 37.3 Å². The summed E-state index contributed by atoms with van der Waals surface area (Å²) in [5.74, 6) is -0.745. The second kappa shape index (κ2) is 8.08. The minimum absolute atomic E-state index is 0.222. The molecular weight excluding hydrogens is 521 g/mol. The van der Waals surface area contributed by atoms with Gasteiger partial charge in [0.1, 0.15) is 0 Å². The molecule has 0 atom stereocenters. The van der Waals surface area contributed by atoms with Crippen molar-refractivity contribution < 1.29 is 9.90 Å². The predicted molar refractivity (Wildman–Crippen MR) is 82.5 cm³/mol. The summed E-state index contributed by atoms with van der Waals surface area (Å²) in [4.78, 5) is 9.37. The fourth-order valence-electron chi connectivity index (χ4n) is 0.477. The summed E-state index contributed by atoms with van der Waals surface area (Å²) in [5.41, 5.74) is 0. The molecule has 0 amide bonds. The van der Waals surface area contributed by atoms with E-state index in [0.717, 1.165) is 0 Å². The van der Waals surface area contributed by atoms with Gasteiger partial charge in [0.25, 0.3) is 0 Å². The van der Waals surface area contributed by atoms with E-state index in [4.69, 9.17) is 5.11 Å². The zero-order chi connectivity index (χ0) is 11.1. The van der Waals surface area contributed by atoms with Crippen LogP contribution in [0, 0.1) is 10.7 Å². The van der Waals surface area contributed by atoms with E-state index in [0.29, 0.717) is 0 Å². The van der Waals surface area contributed by atoms with Crippen molar-refractivity contribution in [1.29, 1.82) is 0 Å². The molecule has 0 aromatic heterocycles. The van der Waals surface area contributed by atoms with Crippen LogP contribution < -0.4 is 0 Å². The van der Waals surface area contributed by atoms with E-state index in [-0.39, 0.29) is 6.42 Å². The second-order valence-corrected chi connectivity index (χ2v) is 5.69. The zero-order valence-corrected chi connectivity index (χ0v) is 13.9. The number of benzene rings is 1. The molecule has 0 saturated heterocycles. The summed E-state index contributed by atoms with van der Waals surface area (Å²) in [5, 5.41) is 7.72. The molecule has 1 rings (SSSR count). The van der Waals surface area contributed by atoms with Gasteiger partial charge in [0, 0.05) is 17.1 Å². The standard InChI is InChI=1S/C6H3I3.C3H6O2/c7-4-2-1-3-5(8)6(4)9;1-2-3(4)5/h1-3H;2H2,1H3,(H,4,5). The van der Waals surface area contributed by atoms with Gasteiger partial charge in [-0.1, -0.05) is 13.0 Å². The van der Waals surface area contributed by atoms with Crippen LogP contribution in [0.3, 0.4) is 0 Å². The van der Waals surface area contributed by atoms with Crippen LogP contribution in [0.4, 0.5) is 0 Å². The van der Waals surface area contributed by atoms with Crippen molar-refractivity contribution in [2.75, 3.05) is 0 Å². The minimum Gasteiger partial charge on any atom is -0.481 e. The first-order valence-electron chi connectivity index (χ1n) is 3.80. The molecule has 0 bridgehead atoms. The van der Waals surface area contributed by atoms with Crippen molar-refractivity contribution in [2.24, 2.45) is 0 Å². The second-order valence-electron chi connectivity index (χ2n) is 2.28. The van der Waals surface area contributed by atoms with Crippen LogP contribution in [0.2, 0.25) is 0 Å². The van der Waals surface area contributed by atoms with Gasteiger partial charge in [0.05, 0.1) is 0 Å². The molecule has 0 fully saturated rings. The molecule has 78 valence electrons. The van der Waals surface area contributed by atoms with Crippen LogP contribution in [-0.2, 0) is 4.79 Å². The number of carbonyl (C=O) groups is 1. The maximum absolute atomic E-state index is 9.37. The smallest absolute Gasteiger partial charge is 0.303 e. The Labute approximate surface area is 124 Å². The van der Waals surface area contributed by atoms with Crippen molar-refractivity contribution in [3.63, 3.8) is 0 Å². The van der Waals surface area contributed by atoms with Gasteiger partial charge >= 0.3 is 5.97 Å². The Hall–Kier alpha value is 0.880. The lowest BCUT2D eigenvalue weighted by molar-refractivity contribution is -0.136. The van der Waals surface area contributed by atoms with Gasteiger partial charge in [-0.25, -0.2) is 0 Å². The van der Waals surface area contributed by atoms with Crippen LogP contribution in [0.1, 0.15) is 13.3 Å². The first-order valence-corrected chi connectivity index (χ1v) is 7.04. The highest BCUT2D eigenvalue weighted by molar-refractivity contribution is 14.1. The Balaban J connectivity index is 0.000000292. The van der Waals surface area contributed by atoms with Crippen LogP contribution in [0.15, 0.2) is 18.2 Å². The fraction of sp³-hybridized carbons (Fsp3) is 0.222. The lowest BCUT2D eigenvalue weighted by atomic mass is 10.4. The molecule has 2 nitrogen and oxygen atoms in total. The van der Waals surface area contributed by atoms with E-state index in [1.54, 1.807) is 6.92 Å². The number of carboxylic acid groups (broad SMARTS) is 1. The van der Waals surface area contributed by atoms with Crippen molar-refractivity contribution in [3.8, 4) is 0 Å². The highest BCUT2D eigenvalue weighted by Crippen LogP contribution is 2.19. The van der Waals surface area contributed by atoms with E-state index in [2.05, 4.69) is 86.0 Å². The minimum atomic E-state index is -0.745. The number of aliphatic carboxylic acids is 1. The van der Waals surface area contributed by atoms with Crippen LogP contribution in [0.25, 0.3) is 0 Å². The maximum atomic E-state index is 9.37. The first-order chi connectivity index (χ1) is 6.49. The summed E-state index contributed by atoms with van der Waals surface area (Å²) in [6.45, 7) is 1.60. The predicted octanol–water partition coefficient (Wildman–Crippen LogP) is 3.98. The number of halogens is 3. The van der Waals surface area contributed by atoms with Crippen LogP contribution >= 0.6 is 67.8 Å². The van der Waals surface area contributed by atoms with E-state index >= 15 is 0 Å². The average Bonchev–Trinajstić information content (AvgIpc) is 2.15. The summed E-state index contributed by atoms with van der Waals surface area (Å²) >= 11 is 7.03. The van der Waals surface area contributed by atoms with Gasteiger partial charge in [-0.2, -0.15) is 0 Å². The van der Waals surface area contributed by atoms with Gasteiger partial charge in [0.15, 0.2) is 0 Å². The molecule has 0 unspecified atom stereocenters. The molecule has 1 N–H and O–H groups in total. The van der Waals surface area contributed by atoms with Gasteiger partial charge < -0.3 is 5.11 Å². The Kier molecular flexibility index (Phi) is 8.59. The van der Waals surface area contributed by atoms with Crippen molar-refractivity contribution >= 4 is 73.7 Å². The lowest BCUT2D eigenvalue weighted by Gasteiger charge is -1.95. The number of carboxylic acids is 1. The van der Waals surface area contributed by atoms with Gasteiger partial charge in [0.2, 0.25) is 0 Å². The Morgan fingerprint density at radius 3 is 1.86 bits per heavy atom. The Morgan fingerprint density at radius 1 is 1.29 bits per heavy atom. The molecule has 0 heterocycles. The molecule has 1 aromatic rings. The summed E-state index contributed by atoms with van der Waals surface area (Å²) in [7, 11) is 0. The number of hydrogen-bond acceptors (Lipinski definition) is 1. The maximum Gasteiger partial charge on any atom is 0.303 e. The molecule has 0 aliphatic heterocycles. The van der Waals surface area contributed by atoms with Crippen molar-refractivity contribution in [1.82, 2.24) is 0 Å². The normalized spacial score (nSPS) is 8.86. The molecule has 5 heteroatoms. The van der Waals surface area contributed by atoms with E-state index < -0.39 is 5.97 Å². The quantitative estimate of drug-likeness (QED) is 0.441. The molecular formula is C9H9I3O2. The van der Waals surface area contributed by atoms with E-state index in [1.807, 2.05) is 0 Å². The molecule has 0 saturated carbocycles. The molecule has 0 aliphatic carbocycles. The van der Waals surface area contributed by atoms with Crippen LogP contribution in [0.5, 0.6) is 0 Å². The SMILES string of the molecule is CCC(=O)O.Ic1cccc(I)c1I. The largest absolute Gasteiger partial charge is 0.481 e. The summed E-state index contributed by atoms with van der Waals surface area (Å²) in [6.07, 6.45) is 0.222. The Bertz CT molecular complexity index is 293. The summed E-state index contributed by atoms with van der Waals surface area (Å²) < 4.78 is 4.02. The number of hydrogen-bond donors (Lipinski definition) is 1. The highest BCUT2D eigenvalue weighted by atomic mass is 127. The lowest BCUT2D eigenvalue weighted by Crippen LogP contribution is -1.86. The Morgan fingerprint density at radius 2 is 1.64 bits per heavy atom. The third-order valence-corrected chi connectivity index (χ3v) is 6.23. The first kappa shape index (κ1) is 14.9. The molecule has 0 spiro atoms. The van der Waals surface area contributed by atoms with Crippen molar-refractivity contribution in [2.45, 2.75) is 13.3 Å². The number of rotatable bonds is 1. The fourth-order valence-corrected chi connectivity index (χ4v) is 2.35. The summed E-state index contributed by atoms with van der Waals surface area (Å²) in [6, 6.07) is 6.31. The third kappa shape index (κ3) is 6.38. The van der Waals surface area contributed by atoms with Gasteiger partial charge in [-0.05, 0) is 79.9 Å². The average molecular weight is 530 g/mol. The van der Waals surface area contributed by atoms with E-state index in [1.165, 1.54) is 10.7 Å². The van der Waals surface area contributed by atoms with Crippen LogP contribution in [-0.4, -0.2) is 11.1 Å². The van der Waals surface area contributed by atoms with Gasteiger partial charge in [-0.3, -0.25) is 4.79 Å². The van der Waals surface area contributed by atoms with Gasteiger partial charge in [-0.15, -0.1) is 0 Å². The molecule has 14 heavy (non-hydrogen) atoms. The molecule has 0 aliphatic rings. The third-order valence-electron chi connectivity index (χ3n) is 1.21. The van der Waals surface area contributed by atoms with Crippen molar-refractivity contribution in [3.05, 3.63) is 28.9 Å². The van der Waals surface area contributed by atoms with E-state index in [9.17, 15) is 4.79 Å². The molecule has 1 aromatic carbocycles.